The maximum atomic E-state index is 12.2. The third-order valence-electron chi connectivity index (χ3n) is 8.28. The largest absolute Gasteiger partial charge is 0.462 e. The van der Waals surface area contributed by atoms with E-state index in [1.807, 2.05) is 18.2 Å². The van der Waals surface area contributed by atoms with E-state index in [9.17, 15) is 35.4 Å². The Bertz CT molecular complexity index is 1080. The quantitative estimate of drug-likeness (QED) is 0.168. The summed E-state index contributed by atoms with van der Waals surface area (Å²) in [5.74, 6) is -2.82. The highest BCUT2D eigenvalue weighted by atomic mass is 16.7. The Balaban J connectivity index is 1.83. The molecule has 2 bridgehead atoms. The molecule has 2 saturated heterocycles. The van der Waals surface area contributed by atoms with Crippen molar-refractivity contribution in [3.8, 4) is 0 Å². The molecular weight excluding hydrogens is 586 g/mol. The Hall–Kier alpha value is -2.23. The Labute approximate surface area is 265 Å². The molecule has 0 spiro atoms. The van der Waals surface area contributed by atoms with Crippen LogP contribution in [0.5, 0.6) is 0 Å². The standard InChI is InChI=1S/C33H51NO11/c1-20-12-9-7-5-4-6-8-10-15-25(44-32-31(40)29(34)30(39)22(3)43-32)17-27-21(2)26(37)19-33(41,45-27)18-24(36)14-11-13-23(35)16-28(38)42-20/h4-11,13,15,20-27,29-32,35-37,39-41H,12,14,16-19,34H2,1-3H3. The summed E-state index contributed by atoms with van der Waals surface area (Å²) < 4.78 is 23.3. The minimum absolute atomic E-state index is 0.0603. The molecule has 3 aliphatic heterocycles. The van der Waals surface area contributed by atoms with Gasteiger partial charge in [-0.25, -0.2) is 0 Å². The SMILES string of the molecule is CC1CC=CC=CC=CC=CC(OC2OC(C)C(O)C(N)C2O)CC2OC(O)(CC(O)CC=CC(O)CC(=O)O1)CC(O)C2C. The highest BCUT2D eigenvalue weighted by Crippen LogP contribution is 2.37. The second kappa shape index (κ2) is 17.6. The molecule has 13 unspecified atom stereocenters. The van der Waals surface area contributed by atoms with Crippen LogP contribution in [0.25, 0.3) is 0 Å². The van der Waals surface area contributed by atoms with Crippen LogP contribution in [0.3, 0.4) is 0 Å². The van der Waals surface area contributed by atoms with Crippen LogP contribution in [-0.2, 0) is 23.7 Å². The minimum Gasteiger partial charge on any atom is -0.462 e. The number of carbonyl (C=O) groups excluding carboxylic acids is 1. The van der Waals surface area contributed by atoms with Crippen molar-refractivity contribution in [2.45, 2.75) is 132 Å². The molecule has 3 aliphatic rings. The van der Waals surface area contributed by atoms with Crippen LogP contribution in [0, 0.1) is 5.92 Å². The van der Waals surface area contributed by atoms with Crippen molar-refractivity contribution in [1.82, 2.24) is 0 Å². The summed E-state index contributed by atoms with van der Waals surface area (Å²) >= 11 is 0. The molecule has 3 rings (SSSR count). The van der Waals surface area contributed by atoms with Crippen molar-refractivity contribution in [3.05, 3.63) is 60.8 Å². The van der Waals surface area contributed by atoms with Gasteiger partial charge in [0, 0.05) is 31.6 Å². The molecule has 0 aromatic heterocycles. The van der Waals surface area contributed by atoms with Crippen molar-refractivity contribution in [3.63, 3.8) is 0 Å². The van der Waals surface area contributed by atoms with Crippen molar-refractivity contribution in [1.29, 1.82) is 0 Å². The first-order chi connectivity index (χ1) is 21.3. The highest BCUT2D eigenvalue weighted by Gasteiger charge is 2.46. The van der Waals surface area contributed by atoms with Gasteiger partial charge >= 0.3 is 5.97 Å². The summed E-state index contributed by atoms with van der Waals surface area (Å²) in [6.07, 6.45) is 8.18. The molecule has 8 N–H and O–H groups in total. The average Bonchev–Trinajstić information content (AvgIpc) is 2.95. The predicted octanol–water partition coefficient (Wildman–Crippen LogP) is 1.04. The molecule has 0 aromatic carbocycles. The number of carbonyl (C=O) groups is 1. The van der Waals surface area contributed by atoms with Gasteiger partial charge in [-0.05, 0) is 20.3 Å². The van der Waals surface area contributed by atoms with E-state index in [2.05, 4.69) is 0 Å². The topological polar surface area (TPSA) is 201 Å². The normalized spacial score (nSPS) is 43.0. The number of hydrogen-bond donors (Lipinski definition) is 7. The summed E-state index contributed by atoms with van der Waals surface area (Å²) in [6.45, 7) is 5.17. The maximum Gasteiger partial charge on any atom is 0.309 e. The molecule has 13 atom stereocenters. The van der Waals surface area contributed by atoms with E-state index in [1.165, 1.54) is 12.2 Å². The van der Waals surface area contributed by atoms with Crippen LogP contribution in [0.4, 0.5) is 0 Å². The molecule has 0 aromatic rings. The van der Waals surface area contributed by atoms with Gasteiger partial charge in [-0.15, -0.1) is 0 Å². The summed E-state index contributed by atoms with van der Waals surface area (Å²) in [6, 6.07) is -0.987. The fourth-order valence-corrected chi connectivity index (χ4v) is 5.55. The van der Waals surface area contributed by atoms with Crippen molar-refractivity contribution >= 4 is 5.97 Å². The van der Waals surface area contributed by atoms with Gasteiger partial charge in [0.05, 0.1) is 55.2 Å². The number of aliphatic hydroxyl groups excluding tert-OH is 5. The molecule has 254 valence electrons. The zero-order chi connectivity index (χ0) is 33.1. The molecule has 0 saturated carbocycles. The summed E-state index contributed by atoms with van der Waals surface area (Å²) in [4.78, 5) is 12.2. The fraction of sp³-hybridized carbons (Fsp3) is 0.667. The Kier molecular flexibility index (Phi) is 14.6. The molecular formula is C33H51NO11. The van der Waals surface area contributed by atoms with Gasteiger partial charge in [0.15, 0.2) is 12.1 Å². The van der Waals surface area contributed by atoms with Crippen molar-refractivity contribution in [2.75, 3.05) is 0 Å². The molecule has 2 fully saturated rings. The van der Waals surface area contributed by atoms with E-state index in [0.717, 1.165) is 0 Å². The van der Waals surface area contributed by atoms with Crippen LogP contribution in [0.1, 0.15) is 59.3 Å². The third kappa shape index (κ3) is 11.8. The summed E-state index contributed by atoms with van der Waals surface area (Å²) in [5, 5.41) is 63.9. The second-order valence-corrected chi connectivity index (χ2v) is 12.3. The molecule has 0 radical (unpaired) electrons. The number of ether oxygens (including phenoxy) is 4. The van der Waals surface area contributed by atoms with Crippen LogP contribution < -0.4 is 5.73 Å². The van der Waals surface area contributed by atoms with E-state index in [4.69, 9.17) is 24.7 Å². The fourth-order valence-electron chi connectivity index (χ4n) is 5.55. The van der Waals surface area contributed by atoms with E-state index >= 15 is 0 Å². The van der Waals surface area contributed by atoms with Gasteiger partial charge in [-0.2, -0.15) is 0 Å². The third-order valence-corrected chi connectivity index (χ3v) is 8.28. The lowest BCUT2D eigenvalue weighted by Crippen LogP contribution is -2.61. The monoisotopic (exact) mass is 637 g/mol. The van der Waals surface area contributed by atoms with Crippen molar-refractivity contribution < 1.29 is 54.4 Å². The van der Waals surface area contributed by atoms with E-state index in [1.54, 1.807) is 51.2 Å². The Morgan fingerprint density at radius 2 is 1.58 bits per heavy atom. The van der Waals surface area contributed by atoms with Gasteiger partial charge in [0.25, 0.3) is 0 Å². The first kappa shape index (κ1) is 37.2. The van der Waals surface area contributed by atoms with E-state index < -0.39 is 78.8 Å². The smallest absolute Gasteiger partial charge is 0.309 e. The first-order valence-corrected chi connectivity index (χ1v) is 15.7. The summed E-state index contributed by atoms with van der Waals surface area (Å²) in [5.41, 5.74) is 6.00. The van der Waals surface area contributed by atoms with Gasteiger partial charge in [-0.1, -0.05) is 67.7 Å². The van der Waals surface area contributed by atoms with Gasteiger partial charge in [0.2, 0.25) is 0 Å². The zero-order valence-electron chi connectivity index (χ0n) is 26.2. The number of nitrogens with two attached hydrogens (primary N) is 1. The highest BCUT2D eigenvalue weighted by molar-refractivity contribution is 5.70. The lowest BCUT2D eigenvalue weighted by atomic mass is 9.84. The number of esters is 1. The molecule has 12 nitrogen and oxygen atoms in total. The van der Waals surface area contributed by atoms with Crippen LogP contribution in [0.15, 0.2) is 60.8 Å². The maximum absolute atomic E-state index is 12.2. The molecule has 45 heavy (non-hydrogen) atoms. The van der Waals surface area contributed by atoms with Gasteiger partial charge in [-0.3, -0.25) is 4.79 Å². The number of hydrogen-bond acceptors (Lipinski definition) is 12. The molecule has 3 heterocycles. The number of rotatable bonds is 2. The van der Waals surface area contributed by atoms with Gasteiger partial charge in [0.1, 0.15) is 12.2 Å². The van der Waals surface area contributed by atoms with E-state index in [0.29, 0.717) is 6.42 Å². The number of allylic oxidation sites excluding steroid dienone is 6. The van der Waals surface area contributed by atoms with Crippen LogP contribution in [0.2, 0.25) is 0 Å². The number of fused-ring (bicyclic) bond motifs is 2. The minimum atomic E-state index is -1.86. The van der Waals surface area contributed by atoms with Crippen molar-refractivity contribution in [2.24, 2.45) is 11.7 Å². The van der Waals surface area contributed by atoms with Crippen LogP contribution in [-0.4, -0.2) is 110 Å². The van der Waals surface area contributed by atoms with Gasteiger partial charge < -0.3 is 55.3 Å². The second-order valence-electron chi connectivity index (χ2n) is 12.3. The Morgan fingerprint density at radius 3 is 2.31 bits per heavy atom. The molecule has 12 heteroatoms. The lowest BCUT2D eigenvalue weighted by molar-refractivity contribution is -0.308. The first-order valence-electron chi connectivity index (χ1n) is 15.7. The Morgan fingerprint density at radius 1 is 0.889 bits per heavy atom. The molecule has 0 amide bonds. The predicted molar refractivity (Wildman–Crippen MR) is 165 cm³/mol. The summed E-state index contributed by atoms with van der Waals surface area (Å²) in [7, 11) is 0. The molecule has 0 aliphatic carbocycles. The number of cyclic esters (lactones) is 1. The van der Waals surface area contributed by atoms with E-state index in [-0.39, 0.29) is 38.2 Å². The van der Waals surface area contributed by atoms with Crippen LogP contribution >= 0.6 is 0 Å². The lowest BCUT2D eigenvalue weighted by Gasteiger charge is -2.45. The average molecular weight is 638 g/mol. The zero-order valence-corrected chi connectivity index (χ0v) is 26.2. The number of aliphatic hydroxyl groups is 6.